The lowest BCUT2D eigenvalue weighted by atomic mass is 10.2. The van der Waals surface area contributed by atoms with Gasteiger partial charge in [0.25, 0.3) is 5.91 Å². The van der Waals surface area contributed by atoms with Crippen molar-refractivity contribution < 1.29 is 18.0 Å². The first-order chi connectivity index (χ1) is 12.1. The van der Waals surface area contributed by atoms with Crippen molar-refractivity contribution in [2.75, 3.05) is 25.2 Å². The zero-order valence-corrected chi connectivity index (χ0v) is 16.3. The number of nitrogens with zero attached hydrogens (tertiary/aromatic N) is 1. The largest absolute Gasteiger partial charge is 0.332 e. The number of hydrogen-bond donors (Lipinski definition) is 1. The van der Waals surface area contributed by atoms with Crippen LogP contribution in [-0.4, -0.2) is 45.0 Å². The van der Waals surface area contributed by atoms with E-state index >= 15 is 0 Å². The van der Waals surface area contributed by atoms with Gasteiger partial charge in [0.2, 0.25) is 5.91 Å². The Morgan fingerprint density at radius 1 is 1.08 bits per heavy atom. The van der Waals surface area contributed by atoms with Crippen LogP contribution in [0.25, 0.3) is 0 Å². The van der Waals surface area contributed by atoms with Gasteiger partial charge in [0.05, 0.1) is 21.5 Å². The normalized spacial score (nSPS) is 11.1. The first-order valence-corrected chi connectivity index (χ1v) is 10.0. The van der Waals surface area contributed by atoms with Gasteiger partial charge in [-0.2, -0.15) is 0 Å². The molecule has 2 amide bonds. The highest BCUT2D eigenvalue weighted by Crippen LogP contribution is 2.25. The summed E-state index contributed by atoms with van der Waals surface area (Å²) in [5.74, 6) is -0.904. The minimum Gasteiger partial charge on any atom is -0.332 e. The zero-order valence-electron chi connectivity index (χ0n) is 14.0. The van der Waals surface area contributed by atoms with Gasteiger partial charge in [0.1, 0.15) is 0 Å². The van der Waals surface area contributed by atoms with Crippen molar-refractivity contribution in [1.29, 1.82) is 0 Å². The Bertz CT molecular complexity index is 961. The van der Waals surface area contributed by atoms with E-state index in [0.717, 1.165) is 6.26 Å². The van der Waals surface area contributed by atoms with E-state index in [-0.39, 0.29) is 17.0 Å². The SMILES string of the molecule is CN(CC(=O)Nc1ccc(Cl)c(Cl)c1)C(=O)c1cccc(S(C)(=O)=O)c1. The molecule has 2 rings (SSSR count). The molecule has 0 unspecified atom stereocenters. The molecule has 2 aromatic carbocycles. The molecule has 0 saturated heterocycles. The van der Waals surface area contributed by atoms with Gasteiger partial charge in [-0.3, -0.25) is 9.59 Å². The summed E-state index contributed by atoms with van der Waals surface area (Å²) < 4.78 is 23.2. The van der Waals surface area contributed by atoms with Gasteiger partial charge in [0, 0.05) is 24.6 Å². The minimum atomic E-state index is -3.43. The number of benzene rings is 2. The summed E-state index contributed by atoms with van der Waals surface area (Å²) in [4.78, 5) is 25.8. The number of anilines is 1. The number of likely N-dealkylation sites (N-methyl/N-ethyl adjacent to an activating group) is 1. The van der Waals surface area contributed by atoms with Crippen molar-refractivity contribution in [3.63, 3.8) is 0 Å². The highest BCUT2D eigenvalue weighted by molar-refractivity contribution is 7.90. The molecule has 138 valence electrons. The van der Waals surface area contributed by atoms with Crippen LogP contribution in [-0.2, 0) is 14.6 Å². The van der Waals surface area contributed by atoms with Crippen molar-refractivity contribution in [3.05, 3.63) is 58.1 Å². The van der Waals surface area contributed by atoms with E-state index in [4.69, 9.17) is 23.2 Å². The second-order valence-electron chi connectivity index (χ2n) is 5.64. The predicted octanol–water partition coefficient (Wildman–Crippen LogP) is 3.11. The molecular weight excluding hydrogens is 399 g/mol. The number of sulfone groups is 1. The summed E-state index contributed by atoms with van der Waals surface area (Å²) in [6.07, 6.45) is 1.06. The number of rotatable bonds is 5. The molecule has 0 aromatic heterocycles. The fourth-order valence-corrected chi connectivity index (χ4v) is 3.11. The molecular formula is C17H16Cl2N2O4S. The highest BCUT2D eigenvalue weighted by atomic mass is 35.5. The summed E-state index contributed by atoms with van der Waals surface area (Å²) in [7, 11) is -1.98. The van der Waals surface area contributed by atoms with Crippen molar-refractivity contribution in [2.45, 2.75) is 4.90 Å². The molecule has 2 aromatic rings. The number of amides is 2. The van der Waals surface area contributed by atoms with Crippen molar-refractivity contribution in [2.24, 2.45) is 0 Å². The third-order valence-corrected chi connectivity index (χ3v) is 5.29. The van der Waals surface area contributed by atoms with Gasteiger partial charge >= 0.3 is 0 Å². The standard InChI is InChI=1S/C17H16Cl2N2O4S/c1-21(10-16(22)20-12-6-7-14(18)15(19)9-12)17(23)11-4-3-5-13(8-11)26(2,24)25/h3-9H,10H2,1-2H3,(H,20,22). The lowest BCUT2D eigenvalue weighted by Gasteiger charge is -2.17. The number of nitrogens with one attached hydrogen (secondary N) is 1. The van der Waals surface area contributed by atoms with E-state index in [1.165, 1.54) is 42.3 Å². The second kappa shape index (κ2) is 8.07. The Morgan fingerprint density at radius 3 is 2.38 bits per heavy atom. The van der Waals surface area contributed by atoms with Crippen LogP contribution < -0.4 is 5.32 Å². The van der Waals surface area contributed by atoms with Crippen LogP contribution in [0.4, 0.5) is 5.69 Å². The Balaban J connectivity index is 2.06. The van der Waals surface area contributed by atoms with Gasteiger partial charge in [0.15, 0.2) is 9.84 Å². The molecule has 0 heterocycles. The molecule has 0 fully saturated rings. The van der Waals surface area contributed by atoms with Crippen LogP contribution in [0, 0.1) is 0 Å². The maximum atomic E-state index is 12.4. The van der Waals surface area contributed by atoms with E-state index in [2.05, 4.69) is 5.32 Å². The van der Waals surface area contributed by atoms with E-state index in [9.17, 15) is 18.0 Å². The van der Waals surface area contributed by atoms with Gasteiger partial charge in [-0.25, -0.2) is 8.42 Å². The third-order valence-electron chi connectivity index (χ3n) is 3.44. The first-order valence-electron chi connectivity index (χ1n) is 7.38. The molecule has 0 saturated carbocycles. The smallest absolute Gasteiger partial charge is 0.254 e. The molecule has 0 spiro atoms. The average Bonchev–Trinajstić information content (AvgIpc) is 2.56. The lowest BCUT2D eigenvalue weighted by molar-refractivity contribution is -0.116. The van der Waals surface area contributed by atoms with Gasteiger partial charge in [-0.1, -0.05) is 29.3 Å². The maximum Gasteiger partial charge on any atom is 0.254 e. The van der Waals surface area contributed by atoms with Crippen molar-refractivity contribution in [3.8, 4) is 0 Å². The van der Waals surface area contributed by atoms with Crippen LogP contribution in [0.3, 0.4) is 0 Å². The Hall–Kier alpha value is -2.09. The molecule has 0 bridgehead atoms. The third kappa shape index (κ3) is 5.20. The topological polar surface area (TPSA) is 83.6 Å². The molecule has 0 aliphatic carbocycles. The molecule has 0 radical (unpaired) electrons. The van der Waals surface area contributed by atoms with Crippen LogP contribution >= 0.6 is 23.2 Å². The van der Waals surface area contributed by atoms with Crippen LogP contribution in [0.5, 0.6) is 0 Å². The van der Waals surface area contributed by atoms with Gasteiger partial charge in [-0.05, 0) is 36.4 Å². The molecule has 0 aliphatic heterocycles. The fourth-order valence-electron chi connectivity index (χ4n) is 2.14. The fraction of sp³-hybridized carbons (Fsp3) is 0.176. The summed E-state index contributed by atoms with van der Waals surface area (Å²) in [5, 5.41) is 3.27. The quantitative estimate of drug-likeness (QED) is 0.814. The number of carbonyl (C=O) groups is 2. The van der Waals surface area contributed by atoms with Gasteiger partial charge in [-0.15, -0.1) is 0 Å². The summed E-state index contributed by atoms with van der Waals surface area (Å²) >= 11 is 11.7. The van der Waals surface area contributed by atoms with Crippen LogP contribution in [0.1, 0.15) is 10.4 Å². The number of carbonyl (C=O) groups excluding carboxylic acids is 2. The number of hydrogen-bond acceptors (Lipinski definition) is 4. The zero-order chi connectivity index (χ0) is 19.5. The molecule has 0 aliphatic rings. The molecule has 6 nitrogen and oxygen atoms in total. The number of halogens is 2. The minimum absolute atomic E-state index is 0.0389. The maximum absolute atomic E-state index is 12.4. The molecule has 0 atom stereocenters. The van der Waals surface area contributed by atoms with Crippen molar-refractivity contribution in [1.82, 2.24) is 4.90 Å². The van der Waals surface area contributed by atoms with E-state index < -0.39 is 21.7 Å². The van der Waals surface area contributed by atoms with E-state index in [1.807, 2.05) is 0 Å². The molecule has 9 heteroatoms. The highest BCUT2D eigenvalue weighted by Gasteiger charge is 2.17. The average molecular weight is 415 g/mol. The van der Waals surface area contributed by atoms with Crippen LogP contribution in [0.2, 0.25) is 10.0 Å². The lowest BCUT2D eigenvalue weighted by Crippen LogP contribution is -2.35. The van der Waals surface area contributed by atoms with Crippen LogP contribution in [0.15, 0.2) is 47.4 Å². The van der Waals surface area contributed by atoms with E-state index in [1.54, 1.807) is 12.1 Å². The monoisotopic (exact) mass is 414 g/mol. The predicted molar refractivity (Wildman–Crippen MR) is 102 cm³/mol. The van der Waals surface area contributed by atoms with Gasteiger partial charge < -0.3 is 10.2 Å². The summed E-state index contributed by atoms with van der Waals surface area (Å²) in [6.45, 7) is -0.220. The van der Waals surface area contributed by atoms with E-state index in [0.29, 0.717) is 15.7 Å². The Labute approximate surface area is 161 Å². The summed E-state index contributed by atoms with van der Waals surface area (Å²) in [5.41, 5.74) is 0.627. The first kappa shape index (κ1) is 20.2. The molecule has 26 heavy (non-hydrogen) atoms. The Kier molecular flexibility index (Phi) is 6.28. The van der Waals surface area contributed by atoms with Crippen molar-refractivity contribution >= 4 is 50.5 Å². The summed E-state index contributed by atoms with van der Waals surface area (Å²) in [6, 6.07) is 10.3. The second-order valence-corrected chi connectivity index (χ2v) is 8.47. The Morgan fingerprint density at radius 2 is 1.77 bits per heavy atom. The molecule has 1 N–H and O–H groups in total.